The van der Waals surface area contributed by atoms with Crippen molar-refractivity contribution in [1.29, 1.82) is 0 Å². The smallest absolute Gasteiger partial charge is 0.252 e. The molecule has 0 radical (unpaired) electrons. The van der Waals surface area contributed by atoms with Crippen LogP contribution >= 0.6 is 0 Å². The Kier molecular flexibility index (Phi) is 5.19. The number of fused-ring (bicyclic) bond motifs is 1. The van der Waals surface area contributed by atoms with Gasteiger partial charge in [0.15, 0.2) is 5.82 Å². The van der Waals surface area contributed by atoms with Crippen LogP contribution in [0.25, 0.3) is 11.6 Å². The number of nitrogens with zero attached hydrogens (tertiary/aromatic N) is 3. The first-order valence-electron chi connectivity index (χ1n) is 9.35. The van der Waals surface area contributed by atoms with Crippen LogP contribution in [0.2, 0.25) is 0 Å². The number of rotatable bonds is 6. The summed E-state index contributed by atoms with van der Waals surface area (Å²) in [4.78, 5) is 13.1. The molecule has 0 bridgehead atoms. The summed E-state index contributed by atoms with van der Waals surface area (Å²) in [5.74, 6) is 2.36. The predicted molar refractivity (Wildman–Crippen MR) is 107 cm³/mol. The number of para-hydroxylation sites is 1. The van der Waals surface area contributed by atoms with E-state index in [-0.39, 0.29) is 5.91 Å². The highest BCUT2D eigenvalue weighted by Crippen LogP contribution is 2.25. The van der Waals surface area contributed by atoms with Gasteiger partial charge in [-0.1, -0.05) is 48.5 Å². The third-order valence-corrected chi connectivity index (χ3v) is 4.86. The maximum atomic E-state index is 13.1. The van der Waals surface area contributed by atoms with Crippen LogP contribution in [0.3, 0.4) is 0 Å². The fourth-order valence-electron chi connectivity index (χ4n) is 3.43. The average Bonchev–Trinajstić information content (AvgIpc) is 3.35. The van der Waals surface area contributed by atoms with Crippen molar-refractivity contribution in [2.45, 2.75) is 25.9 Å². The van der Waals surface area contributed by atoms with E-state index >= 15 is 0 Å². The van der Waals surface area contributed by atoms with E-state index in [1.807, 2.05) is 60.7 Å². The van der Waals surface area contributed by atoms with Gasteiger partial charge in [-0.2, -0.15) is 0 Å². The van der Waals surface area contributed by atoms with Crippen molar-refractivity contribution in [3.05, 3.63) is 77.4 Å². The maximum absolute atomic E-state index is 13.1. The molecule has 2 heterocycles. The molecular formula is C22H22N4O2. The fourth-order valence-corrected chi connectivity index (χ4v) is 3.43. The zero-order valence-corrected chi connectivity index (χ0v) is 15.8. The number of aromatic nitrogens is 3. The number of carbonyl (C=O) groups is 1. The first-order chi connectivity index (χ1) is 13.8. The van der Waals surface area contributed by atoms with Gasteiger partial charge in [0, 0.05) is 24.1 Å². The van der Waals surface area contributed by atoms with Gasteiger partial charge in [0.25, 0.3) is 5.91 Å². The molecule has 1 N–H and O–H groups in total. The molecule has 1 aromatic heterocycles. The lowest BCUT2D eigenvalue weighted by Crippen LogP contribution is -2.25. The number of methoxy groups -OCH3 is 1. The number of aryl methyl sites for hydroxylation is 1. The minimum absolute atomic E-state index is 0.160. The Balaban J connectivity index is 1.61. The lowest BCUT2D eigenvalue weighted by atomic mass is 10.0. The lowest BCUT2D eigenvalue weighted by Gasteiger charge is -2.11. The van der Waals surface area contributed by atoms with E-state index in [4.69, 9.17) is 4.74 Å². The summed E-state index contributed by atoms with van der Waals surface area (Å²) in [7, 11) is 1.63. The molecule has 0 saturated heterocycles. The zero-order valence-electron chi connectivity index (χ0n) is 15.8. The van der Waals surface area contributed by atoms with Crippen LogP contribution in [-0.4, -0.2) is 27.8 Å². The maximum Gasteiger partial charge on any atom is 0.252 e. The Labute approximate surface area is 163 Å². The van der Waals surface area contributed by atoms with Crippen LogP contribution in [-0.2, 0) is 24.3 Å². The van der Waals surface area contributed by atoms with Gasteiger partial charge in [0.2, 0.25) is 0 Å². The third kappa shape index (κ3) is 3.67. The van der Waals surface area contributed by atoms with Crippen LogP contribution in [0.1, 0.15) is 29.2 Å². The van der Waals surface area contributed by atoms with E-state index in [1.54, 1.807) is 7.11 Å². The molecule has 6 heteroatoms. The summed E-state index contributed by atoms with van der Waals surface area (Å²) < 4.78 is 7.52. The second-order valence-electron chi connectivity index (χ2n) is 6.64. The second kappa shape index (κ2) is 8.08. The normalized spacial score (nSPS) is 13.2. The molecule has 142 valence electrons. The molecule has 6 nitrogen and oxygen atoms in total. The van der Waals surface area contributed by atoms with Gasteiger partial charge in [-0.3, -0.25) is 4.79 Å². The third-order valence-electron chi connectivity index (χ3n) is 4.86. The lowest BCUT2D eigenvalue weighted by molar-refractivity contribution is -0.115. The summed E-state index contributed by atoms with van der Waals surface area (Å²) in [6, 6.07) is 17.3. The molecule has 0 fully saturated rings. The van der Waals surface area contributed by atoms with Crippen molar-refractivity contribution in [3.8, 4) is 5.75 Å². The molecule has 0 saturated carbocycles. The molecule has 0 aliphatic carbocycles. The highest BCUT2D eigenvalue weighted by atomic mass is 16.5. The first-order valence-corrected chi connectivity index (χ1v) is 9.35. The average molecular weight is 374 g/mol. The summed E-state index contributed by atoms with van der Waals surface area (Å²) in [6.45, 7) is 1.26. The molecule has 1 aliphatic rings. The Hall–Kier alpha value is -3.41. The molecule has 0 atom stereocenters. The molecule has 4 rings (SSSR count). The van der Waals surface area contributed by atoms with Gasteiger partial charge in [-0.25, -0.2) is 0 Å². The van der Waals surface area contributed by atoms with E-state index in [1.165, 1.54) is 0 Å². The van der Waals surface area contributed by atoms with E-state index in [0.717, 1.165) is 47.9 Å². The van der Waals surface area contributed by atoms with Crippen LogP contribution < -0.4 is 10.1 Å². The largest absolute Gasteiger partial charge is 0.496 e. The number of amides is 1. The van der Waals surface area contributed by atoms with Gasteiger partial charge < -0.3 is 14.6 Å². The van der Waals surface area contributed by atoms with E-state index in [0.29, 0.717) is 12.1 Å². The molecule has 0 spiro atoms. The quantitative estimate of drug-likeness (QED) is 0.532. The summed E-state index contributed by atoms with van der Waals surface area (Å²) in [6.07, 6.45) is 3.89. The topological polar surface area (TPSA) is 69.0 Å². The number of hydrogen-bond acceptors (Lipinski definition) is 4. The van der Waals surface area contributed by atoms with Gasteiger partial charge in [0.1, 0.15) is 11.6 Å². The van der Waals surface area contributed by atoms with Gasteiger partial charge in [-0.05, 0) is 24.1 Å². The standard InChI is InChI=1S/C22H22N4O2/c1-28-19-11-6-5-10-17(19)14-18(16-8-3-2-4-9-16)22(27)23-15-21-25-24-20-12-7-13-26(20)21/h2-6,8-11,14H,7,12-13,15H2,1H3,(H,23,27). The van der Waals surface area contributed by atoms with Gasteiger partial charge >= 0.3 is 0 Å². The van der Waals surface area contributed by atoms with Crippen molar-refractivity contribution in [2.24, 2.45) is 0 Å². The highest BCUT2D eigenvalue weighted by molar-refractivity contribution is 6.24. The van der Waals surface area contributed by atoms with Crippen LogP contribution in [0.5, 0.6) is 5.75 Å². The minimum Gasteiger partial charge on any atom is -0.496 e. The highest BCUT2D eigenvalue weighted by Gasteiger charge is 2.19. The van der Waals surface area contributed by atoms with Crippen LogP contribution in [0.4, 0.5) is 0 Å². The first kappa shape index (κ1) is 18.0. The molecule has 28 heavy (non-hydrogen) atoms. The monoisotopic (exact) mass is 374 g/mol. The Morgan fingerprint density at radius 3 is 2.75 bits per heavy atom. The molecule has 0 unspecified atom stereocenters. The Morgan fingerprint density at radius 1 is 1.14 bits per heavy atom. The Morgan fingerprint density at radius 2 is 1.93 bits per heavy atom. The Bertz CT molecular complexity index is 1010. The van der Waals surface area contributed by atoms with Crippen molar-refractivity contribution < 1.29 is 9.53 Å². The molecule has 3 aromatic rings. The van der Waals surface area contributed by atoms with Crippen molar-refractivity contribution in [2.75, 3.05) is 7.11 Å². The molecular weight excluding hydrogens is 352 g/mol. The van der Waals surface area contributed by atoms with Crippen LogP contribution in [0.15, 0.2) is 54.6 Å². The van der Waals surface area contributed by atoms with Crippen LogP contribution in [0, 0.1) is 0 Å². The van der Waals surface area contributed by atoms with E-state index < -0.39 is 0 Å². The van der Waals surface area contributed by atoms with Crippen molar-refractivity contribution >= 4 is 17.6 Å². The molecule has 2 aromatic carbocycles. The zero-order chi connectivity index (χ0) is 19.3. The second-order valence-corrected chi connectivity index (χ2v) is 6.64. The number of carbonyl (C=O) groups excluding carboxylic acids is 1. The van der Waals surface area contributed by atoms with E-state index in [9.17, 15) is 4.79 Å². The van der Waals surface area contributed by atoms with Gasteiger partial charge in [-0.15, -0.1) is 10.2 Å². The van der Waals surface area contributed by atoms with Crippen molar-refractivity contribution in [3.63, 3.8) is 0 Å². The predicted octanol–water partition coefficient (Wildman–Crippen LogP) is 3.09. The number of benzene rings is 2. The van der Waals surface area contributed by atoms with Gasteiger partial charge in [0.05, 0.1) is 13.7 Å². The summed E-state index contributed by atoms with van der Waals surface area (Å²) >= 11 is 0. The summed E-state index contributed by atoms with van der Waals surface area (Å²) in [5, 5.41) is 11.4. The number of hydrogen-bond donors (Lipinski definition) is 1. The number of nitrogens with one attached hydrogen (secondary N) is 1. The minimum atomic E-state index is -0.160. The van der Waals surface area contributed by atoms with Crippen molar-refractivity contribution in [1.82, 2.24) is 20.1 Å². The summed E-state index contributed by atoms with van der Waals surface area (Å²) in [5.41, 5.74) is 2.27. The SMILES string of the molecule is COc1ccccc1C=C(C(=O)NCc1nnc2n1CCC2)c1ccccc1. The number of ether oxygens (including phenoxy) is 1. The molecule has 1 aliphatic heterocycles. The fraction of sp³-hybridized carbons (Fsp3) is 0.227. The van der Waals surface area contributed by atoms with E-state index in [2.05, 4.69) is 20.1 Å². The molecule has 1 amide bonds.